The molecule has 0 aliphatic heterocycles. The Morgan fingerprint density at radius 2 is 1.64 bits per heavy atom. The number of carbonyl (C=O) groups is 3. The SMILES string of the molecule is CC(NC(=O)OCC1c2ccccc2-c2ccccc21)(C(=O)N[C@H](CCO)C(=O)O)C1CC1. The third-order valence-corrected chi connectivity index (χ3v) is 6.59. The number of nitrogens with one attached hydrogen (secondary N) is 2. The molecule has 8 heteroatoms. The van der Waals surface area contributed by atoms with Gasteiger partial charge in [0, 0.05) is 18.9 Å². The van der Waals surface area contributed by atoms with Crippen LogP contribution >= 0.6 is 0 Å². The minimum atomic E-state index is -1.30. The molecule has 0 heterocycles. The molecule has 2 aromatic rings. The lowest BCUT2D eigenvalue weighted by atomic mass is 9.94. The number of hydrogen-bond acceptors (Lipinski definition) is 5. The van der Waals surface area contributed by atoms with Crippen LogP contribution in [0.25, 0.3) is 11.1 Å². The standard InChI is InChI=1S/C25H28N2O6/c1-25(15-10-11-15,23(31)26-21(12-13-28)22(29)30)27-24(32)33-14-20-18-8-4-2-6-16(18)17-7-3-5-9-19(17)20/h2-9,15,20-21,28H,10-14H2,1H3,(H,26,31)(H,27,32)(H,29,30)/t21-,25?/m1/s1. The number of carboxylic acids is 1. The van der Waals surface area contributed by atoms with Gasteiger partial charge in [0.1, 0.15) is 18.2 Å². The van der Waals surface area contributed by atoms with E-state index in [1.165, 1.54) is 0 Å². The van der Waals surface area contributed by atoms with Crippen LogP contribution in [0.15, 0.2) is 48.5 Å². The van der Waals surface area contributed by atoms with E-state index in [9.17, 15) is 19.5 Å². The maximum absolute atomic E-state index is 12.9. The summed E-state index contributed by atoms with van der Waals surface area (Å²) < 4.78 is 5.58. The fourth-order valence-corrected chi connectivity index (χ4v) is 4.55. The lowest BCUT2D eigenvalue weighted by Crippen LogP contribution is -2.61. The molecule has 33 heavy (non-hydrogen) atoms. The Labute approximate surface area is 192 Å². The van der Waals surface area contributed by atoms with Gasteiger partial charge in [0.2, 0.25) is 5.91 Å². The summed E-state index contributed by atoms with van der Waals surface area (Å²) in [5.41, 5.74) is 3.11. The zero-order valence-corrected chi connectivity index (χ0v) is 18.4. The van der Waals surface area contributed by atoms with E-state index in [0.29, 0.717) is 0 Å². The van der Waals surface area contributed by atoms with Crippen LogP contribution < -0.4 is 10.6 Å². The number of aliphatic hydroxyl groups is 1. The van der Waals surface area contributed by atoms with E-state index in [1.807, 2.05) is 48.5 Å². The molecule has 4 N–H and O–H groups in total. The average molecular weight is 453 g/mol. The zero-order valence-electron chi connectivity index (χ0n) is 18.4. The maximum atomic E-state index is 12.9. The summed E-state index contributed by atoms with van der Waals surface area (Å²) in [5.74, 6) is -2.05. The van der Waals surface area contributed by atoms with Crippen molar-refractivity contribution in [2.75, 3.05) is 13.2 Å². The zero-order chi connectivity index (χ0) is 23.6. The predicted octanol–water partition coefficient (Wildman–Crippen LogP) is 2.65. The van der Waals surface area contributed by atoms with Crippen LogP contribution in [0.4, 0.5) is 4.79 Å². The highest BCUT2D eigenvalue weighted by molar-refractivity contribution is 5.93. The summed E-state index contributed by atoms with van der Waals surface area (Å²) in [6.07, 6.45) is 0.638. The normalized spacial score (nSPS) is 17.3. The molecule has 1 saturated carbocycles. The highest BCUT2D eigenvalue weighted by Gasteiger charge is 2.49. The average Bonchev–Trinajstić information content (AvgIpc) is 3.61. The van der Waals surface area contributed by atoms with E-state index in [2.05, 4.69) is 10.6 Å². The molecule has 0 bridgehead atoms. The third-order valence-electron chi connectivity index (χ3n) is 6.59. The van der Waals surface area contributed by atoms with E-state index < -0.39 is 29.6 Å². The van der Waals surface area contributed by atoms with E-state index in [4.69, 9.17) is 9.84 Å². The topological polar surface area (TPSA) is 125 Å². The molecule has 8 nitrogen and oxygen atoms in total. The van der Waals surface area contributed by atoms with E-state index in [0.717, 1.165) is 35.1 Å². The minimum Gasteiger partial charge on any atom is -0.480 e. The number of aliphatic carboxylic acids is 1. The first kappa shape index (κ1) is 22.8. The molecule has 2 aliphatic carbocycles. The summed E-state index contributed by atoms with van der Waals surface area (Å²) in [6, 6.07) is 14.8. The summed E-state index contributed by atoms with van der Waals surface area (Å²) >= 11 is 0. The summed E-state index contributed by atoms with van der Waals surface area (Å²) in [4.78, 5) is 37.1. The summed E-state index contributed by atoms with van der Waals surface area (Å²) in [5, 5.41) is 23.5. The molecular weight excluding hydrogens is 424 g/mol. The monoisotopic (exact) mass is 452 g/mol. The number of rotatable bonds is 9. The fourth-order valence-electron chi connectivity index (χ4n) is 4.55. The molecule has 1 fully saturated rings. The Bertz CT molecular complexity index is 1020. The van der Waals surface area contributed by atoms with Crippen LogP contribution in [-0.2, 0) is 14.3 Å². The fraction of sp³-hybridized carbons (Fsp3) is 0.400. The molecule has 2 aromatic carbocycles. The van der Waals surface area contributed by atoms with Gasteiger partial charge >= 0.3 is 12.1 Å². The molecule has 2 amide bonds. The molecule has 4 rings (SSSR count). The summed E-state index contributed by atoms with van der Waals surface area (Å²) in [6.45, 7) is 1.32. The van der Waals surface area contributed by atoms with Gasteiger partial charge < -0.3 is 25.6 Å². The Kier molecular flexibility index (Phi) is 6.37. The largest absolute Gasteiger partial charge is 0.480 e. The van der Waals surface area contributed by atoms with Crippen LogP contribution in [-0.4, -0.2) is 53.0 Å². The predicted molar refractivity (Wildman–Crippen MR) is 121 cm³/mol. The Hall–Kier alpha value is -3.39. The van der Waals surface area contributed by atoms with Crippen LogP contribution in [0, 0.1) is 5.92 Å². The lowest BCUT2D eigenvalue weighted by molar-refractivity contribution is -0.143. The van der Waals surface area contributed by atoms with Crippen LogP contribution in [0.3, 0.4) is 0 Å². The second-order valence-corrected chi connectivity index (χ2v) is 8.80. The number of amides is 2. The molecular formula is C25H28N2O6. The number of fused-ring (bicyclic) bond motifs is 3. The molecule has 0 aromatic heterocycles. The Balaban J connectivity index is 1.44. The van der Waals surface area contributed by atoms with Gasteiger partial charge in [-0.25, -0.2) is 9.59 Å². The number of aliphatic hydroxyl groups excluding tert-OH is 1. The third kappa shape index (κ3) is 4.57. The second kappa shape index (κ2) is 9.23. The first-order valence-electron chi connectivity index (χ1n) is 11.1. The van der Waals surface area contributed by atoms with Crippen molar-refractivity contribution in [3.8, 4) is 11.1 Å². The van der Waals surface area contributed by atoms with Crippen molar-refractivity contribution in [2.24, 2.45) is 5.92 Å². The van der Waals surface area contributed by atoms with Gasteiger partial charge in [0.15, 0.2) is 0 Å². The Morgan fingerprint density at radius 1 is 1.06 bits per heavy atom. The smallest absolute Gasteiger partial charge is 0.408 e. The van der Waals surface area contributed by atoms with Gasteiger partial charge in [-0.15, -0.1) is 0 Å². The number of carboxylic acid groups (broad SMARTS) is 1. The van der Waals surface area contributed by atoms with Crippen molar-refractivity contribution >= 4 is 18.0 Å². The maximum Gasteiger partial charge on any atom is 0.408 e. The number of hydrogen-bond donors (Lipinski definition) is 4. The number of carbonyl (C=O) groups excluding carboxylic acids is 2. The van der Waals surface area contributed by atoms with Crippen LogP contribution in [0.2, 0.25) is 0 Å². The van der Waals surface area contributed by atoms with Crippen molar-refractivity contribution in [1.82, 2.24) is 10.6 Å². The highest BCUT2D eigenvalue weighted by Crippen LogP contribution is 2.44. The second-order valence-electron chi connectivity index (χ2n) is 8.80. The van der Waals surface area contributed by atoms with E-state index in [1.54, 1.807) is 6.92 Å². The molecule has 0 saturated heterocycles. The first-order valence-corrected chi connectivity index (χ1v) is 11.1. The van der Waals surface area contributed by atoms with Crippen molar-refractivity contribution in [3.63, 3.8) is 0 Å². The molecule has 174 valence electrons. The first-order chi connectivity index (χ1) is 15.8. The van der Waals surface area contributed by atoms with E-state index >= 15 is 0 Å². The van der Waals surface area contributed by atoms with Gasteiger partial charge in [-0.3, -0.25) is 4.79 Å². The molecule has 2 aliphatic rings. The molecule has 0 spiro atoms. The number of alkyl carbamates (subject to hydrolysis) is 1. The van der Waals surface area contributed by atoms with Gasteiger partial charge in [0.05, 0.1) is 0 Å². The van der Waals surface area contributed by atoms with Crippen LogP contribution in [0.1, 0.15) is 43.2 Å². The van der Waals surface area contributed by atoms with E-state index in [-0.39, 0.29) is 31.5 Å². The summed E-state index contributed by atoms with van der Waals surface area (Å²) in [7, 11) is 0. The number of ether oxygens (including phenoxy) is 1. The molecule has 0 radical (unpaired) electrons. The van der Waals surface area contributed by atoms with Crippen molar-refractivity contribution in [1.29, 1.82) is 0 Å². The van der Waals surface area contributed by atoms with Crippen molar-refractivity contribution in [3.05, 3.63) is 59.7 Å². The van der Waals surface area contributed by atoms with Crippen molar-refractivity contribution < 1.29 is 29.3 Å². The quantitative estimate of drug-likeness (QED) is 0.464. The molecule has 2 atom stereocenters. The lowest BCUT2D eigenvalue weighted by Gasteiger charge is -2.30. The molecule has 1 unspecified atom stereocenters. The Morgan fingerprint density at radius 3 is 2.15 bits per heavy atom. The van der Waals surface area contributed by atoms with Gasteiger partial charge in [0.25, 0.3) is 0 Å². The minimum absolute atomic E-state index is 0.106. The highest BCUT2D eigenvalue weighted by atomic mass is 16.5. The van der Waals surface area contributed by atoms with Crippen LogP contribution in [0.5, 0.6) is 0 Å². The van der Waals surface area contributed by atoms with Crippen molar-refractivity contribution in [2.45, 2.75) is 43.7 Å². The van der Waals surface area contributed by atoms with Gasteiger partial charge in [-0.05, 0) is 47.9 Å². The van der Waals surface area contributed by atoms with Gasteiger partial charge in [-0.2, -0.15) is 0 Å². The van der Waals surface area contributed by atoms with Gasteiger partial charge in [-0.1, -0.05) is 48.5 Å². The number of benzene rings is 2.